The van der Waals surface area contributed by atoms with Gasteiger partial charge in [0.25, 0.3) is 0 Å². The molecule has 0 bridgehead atoms. The molecule has 0 spiro atoms. The second-order valence-corrected chi connectivity index (χ2v) is 6.98. The van der Waals surface area contributed by atoms with Crippen molar-refractivity contribution in [3.8, 4) is 11.3 Å². The molecule has 1 amide bonds. The van der Waals surface area contributed by atoms with Crippen LogP contribution in [0, 0.1) is 5.92 Å². The Hall–Kier alpha value is -2.47. The average Bonchev–Trinajstić information content (AvgIpc) is 3.10. The van der Waals surface area contributed by atoms with Crippen molar-refractivity contribution in [1.82, 2.24) is 9.97 Å². The number of pyridine rings is 2. The molecule has 2 N–H and O–H groups in total. The van der Waals surface area contributed by atoms with Crippen LogP contribution in [0.25, 0.3) is 21.5 Å². The van der Waals surface area contributed by atoms with Gasteiger partial charge >= 0.3 is 0 Å². The smallest absolute Gasteiger partial charge is 0.220 e. The van der Waals surface area contributed by atoms with Crippen LogP contribution in [0.2, 0.25) is 0 Å². The van der Waals surface area contributed by atoms with Crippen molar-refractivity contribution >= 4 is 33.1 Å². The van der Waals surface area contributed by atoms with Crippen LogP contribution in [0.15, 0.2) is 42.0 Å². The largest absolute Gasteiger partial charge is 0.370 e. The van der Waals surface area contributed by atoms with Crippen LogP contribution >= 0.6 is 11.3 Å². The van der Waals surface area contributed by atoms with Gasteiger partial charge in [-0.2, -0.15) is 0 Å². The summed E-state index contributed by atoms with van der Waals surface area (Å²) >= 11 is 1.71. The zero-order valence-electron chi connectivity index (χ0n) is 13.2. The highest BCUT2D eigenvalue weighted by molar-refractivity contribution is 7.17. The van der Waals surface area contributed by atoms with Crippen LogP contribution in [0.4, 0.5) is 5.69 Å². The highest BCUT2D eigenvalue weighted by Gasteiger charge is 2.25. The van der Waals surface area contributed by atoms with Crippen molar-refractivity contribution < 1.29 is 4.79 Å². The van der Waals surface area contributed by atoms with Gasteiger partial charge in [-0.05, 0) is 42.5 Å². The molecule has 0 radical (unpaired) electrons. The number of nitrogens with two attached hydrogens (primary N) is 1. The number of anilines is 1. The molecule has 4 heterocycles. The van der Waals surface area contributed by atoms with Gasteiger partial charge in [-0.15, -0.1) is 11.3 Å². The topological polar surface area (TPSA) is 72.1 Å². The molecule has 6 heteroatoms. The summed E-state index contributed by atoms with van der Waals surface area (Å²) in [5, 5.41) is 2.08. The Morgan fingerprint density at radius 2 is 1.96 bits per heavy atom. The number of hydrogen-bond acceptors (Lipinski definition) is 5. The molecular weight excluding hydrogens is 320 g/mol. The van der Waals surface area contributed by atoms with Crippen LogP contribution in [0.5, 0.6) is 0 Å². The number of carbonyl (C=O) groups is 1. The lowest BCUT2D eigenvalue weighted by molar-refractivity contribution is -0.122. The van der Waals surface area contributed by atoms with Crippen molar-refractivity contribution in [2.45, 2.75) is 12.8 Å². The Labute approximate surface area is 144 Å². The molecule has 122 valence electrons. The van der Waals surface area contributed by atoms with E-state index < -0.39 is 0 Å². The van der Waals surface area contributed by atoms with Crippen molar-refractivity contribution in [3.63, 3.8) is 0 Å². The second kappa shape index (κ2) is 6.20. The molecule has 0 atom stereocenters. The fraction of sp³-hybridized carbons (Fsp3) is 0.278. The molecule has 3 aromatic rings. The summed E-state index contributed by atoms with van der Waals surface area (Å²) in [5.41, 5.74) is 9.68. The average molecular weight is 338 g/mol. The van der Waals surface area contributed by atoms with E-state index in [0.717, 1.165) is 42.7 Å². The molecule has 0 aliphatic carbocycles. The molecule has 1 fully saturated rings. The first-order chi connectivity index (χ1) is 11.7. The lowest BCUT2D eigenvalue weighted by Gasteiger charge is -2.32. The van der Waals surface area contributed by atoms with E-state index in [-0.39, 0.29) is 11.8 Å². The molecule has 1 saturated heterocycles. The SMILES string of the molecule is NC(=O)C1CCN(c2cc(-c3ccncc3)nc3ccsc23)CC1. The number of amides is 1. The van der Waals surface area contributed by atoms with E-state index in [1.54, 1.807) is 23.7 Å². The molecule has 0 aromatic carbocycles. The zero-order chi connectivity index (χ0) is 16.5. The van der Waals surface area contributed by atoms with E-state index in [2.05, 4.69) is 27.4 Å². The normalized spacial score (nSPS) is 15.8. The van der Waals surface area contributed by atoms with Gasteiger partial charge in [-0.3, -0.25) is 9.78 Å². The van der Waals surface area contributed by atoms with Gasteiger partial charge in [0.15, 0.2) is 0 Å². The summed E-state index contributed by atoms with van der Waals surface area (Å²) in [6.07, 6.45) is 5.20. The zero-order valence-corrected chi connectivity index (χ0v) is 14.0. The third kappa shape index (κ3) is 2.73. The molecule has 0 saturated carbocycles. The van der Waals surface area contributed by atoms with E-state index in [4.69, 9.17) is 10.7 Å². The number of nitrogens with zero attached hydrogens (tertiary/aromatic N) is 3. The molecular formula is C18H18N4OS. The lowest BCUT2D eigenvalue weighted by atomic mass is 9.96. The standard InChI is InChI=1S/C18H18N4OS/c19-18(23)13-3-8-22(9-4-13)16-11-15(12-1-6-20-7-2-12)21-14-5-10-24-17(14)16/h1-2,5-7,10-11,13H,3-4,8-9H2,(H2,19,23). The van der Waals surface area contributed by atoms with Crippen LogP contribution < -0.4 is 10.6 Å². The van der Waals surface area contributed by atoms with Crippen molar-refractivity contribution in [2.75, 3.05) is 18.0 Å². The van der Waals surface area contributed by atoms with Crippen molar-refractivity contribution in [3.05, 3.63) is 42.0 Å². The first kappa shape index (κ1) is 15.1. The Bertz CT molecular complexity index is 869. The number of carbonyl (C=O) groups excluding carboxylic acids is 1. The summed E-state index contributed by atoms with van der Waals surface area (Å²) in [5.74, 6) is -0.176. The molecule has 0 unspecified atom stereocenters. The van der Waals surface area contributed by atoms with Crippen LogP contribution in [-0.2, 0) is 4.79 Å². The Kier molecular flexibility index (Phi) is 3.90. The first-order valence-electron chi connectivity index (χ1n) is 8.05. The van der Waals surface area contributed by atoms with E-state index in [1.807, 2.05) is 12.1 Å². The van der Waals surface area contributed by atoms with Crippen LogP contribution in [-0.4, -0.2) is 29.0 Å². The monoisotopic (exact) mass is 338 g/mol. The number of hydrogen-bond donors (Lipinski definition) is 1. The first-order valence-corrected chi connectivity index (χ1v) is 8.93. The summed E-state index contributed by atoms with van der Waals surface area (Å²) in [4.78, 5) is 22.6. The highest BCUT2D eigenvalue weighted by atomic mass is 32.1. The molecule has 5 nitrogen and oxygen atoms in total. The molecule has 24 heavy (non-hydrogen) atoms. The second-order valence-electron chi connectivity index (χ2n) is 6.06. The van der Waals surface area contributed by atoms with Gasteiger partial charge in [-0.1, -0.05) is 0 Å². The molecule has 1 aliphatic rings. The van der Waals surface area contributed by atoms with E-state index in [1.165, 1.54) is 10.4 Å². The number of rotatable bonds is 3. The summed E-state index contributed by atoms with van der Waals surface area (Å²) < 4.78 is 1.20. The predicted molar refractivity (Wildman–Crippen MR) is 97.0 cm³/mol. The maximum atomic E-state index is 11.4. The van der Waals surface area contributed by atoms with Gasteiger partial charge in [0.1, 0.15) is 0 Å². The van der Waals surface area contributed by atoms with Crippen molar-refractivity contribution in [2.24, 2.45) is 11.7 Å². The Balaban J connectivity index is 1.72. The van der Waals surface area contributed by atoms with Gasteiger partial charge < -0.3 is 10.6 Å². The van der Waals surface area contributed by atoms with E-state index in [9.17, 15) is 4.79 Å². The van der Waals surface area contributed by atoms with E-state index in [0.29, 0.717) is 0 Å². The highest BCUT2D eigenvalue weighted by Crippen LogP contribution is 2.36. The third-order valence-corrected chi connectivity index (χ3v) is 5.53. The van der Waals surface area contributed by atoms with Gasteiger partial charge in [0.05, 0.1) is 21.6 Å². The van der Waals surface area contributed by atoms with Gasteiger partial charge in [-0.25, -0.2) is 4.98 Å². The third-order valence-electron chi connectivity index (χ3n) is 4.61. The number of fused-ring (bicyclic) bond motifs is 1. The summed E-state index contributed by atoms with van der Waals surface area (Å²) in [7, 11) is 0. The van der Waals surface area contributed by atoms with Gasteiger partial charge in [0.2, 0.25) is 5.91 Å². The number of thiophene rings is 1. The summed E-state index contributed by atoms with van der Waals surface area (Å²) in [6.45, 7) is 1.70. The molecule has 3 aromatic heterocycles. The maximum Gasteiger partial charge on any atom is 0.220 e. The minimum atomic E-state index is -0.178. The van der Waals surface area contributed by atoms with Crippen molar-refractivity contribution in [1.29, 1.82) is 0 Å². The summed E-state index contributed by atoms with van der Waals surface area (Å²) in [6, 6.07) is 8.16. The molecule has 4 rings (SSSR count). The minimum Gasteiger partial charge on any atom is -0.370 e. The maximum absolute atomic E-state index is 11.4. The predicted octanol–water partition coefficient (Wildman–Crippen LogP) is 3.06. The Morgan fingerprint density at radius 3 is 2.67 bits per heavy atom. The number of primary amides is 1. The fourth-order valence-electron chi connectivity index (χ4n) is 3.25. The van der Waals surface area contributed by atoms with E-state index >= 15 is 0 Å². The molecule has 1 aliphatic heterocycles. The van der Waals surface area contributed by atoms with Crippen LogP contribution in [0.3, 0.4) is 0 Å². The fourth-order valence-corrected chi connectivity index (χ4v) is 4.13. The quantitative estimate of drug-likeness (QED) is 0.797. The van der Waals surface area contributed by atoms with Crippen LogP contribution in [0.1, 0.15) is 12.8 Å². The lowest BCUT2D eigenvalue weighted by Crippen LogP contribution is -2.38. The Morgan fingerprint density at radius 1 is 1.21 bits per heavy atom. The number of piperidine rings is 1. The minimum absolute atomic E-state index is 0.00146. The number of aromatic nitrogens is 2. The van der Waals surface area contributed by atoms with Gasteiger partial charge in [0, 0.05) is 37.0 Å².